The Kier molecular flexibility index (Phi) is 8.93. The van der Waals surface area contributed by atoms with E-state index in [9.17, 15) is 8.78 Å². The van der Waals surface area contributed by atoms with Crippen LogP contribution >= 0.6 is 0 Å². The molecule has 0 aromatic heterocycles. The molecule has 0 amide bonds. The average Bonchev–Trinajstić information content (AvgIpc) is 2.37. The monoisotopic (exact) mass is 326 g/mol. The highest BCUT2D eigenvalue weighted by Gasteiger charge is 2.46. The van der Waals surface area contributed by atoms with Crippen molar-refractivity contribution in [2.45, 2.75) is 84.4 Å². The van der Waals surface area contributed by atoms with E-state index in [1.54, 1.807) is 0 Å². The molecule has 22 heavy (non-hydrogen) atoms. The van der Waals surface area contributed by atoms with Crippen LogP contribution in [0, 0.1) is 11.8 Å². The molecule has 0 saturated carbocycles. The second kappa shape index (κ2) is 9.30. The molecule has 0 aliphatic rings. The number of allylic oxidation sites excluding steroid dienone is 2. The molecule has 0 aromatic rings. The Morgan fingerprint density at radius 1 is 1.00 bits per heavy atom. The maximum absolute atomic E-state index is 13.5. The van der Waals surface area contributed by atoms with Gasteiger partial charge in [0.25, 0.3) is 6.08 Å². The Labute approximate surface area is 137 Å². The molecule has 0 nitrogen and oxygen atoms in total. The van der Waals surface area contributed by atoms with Crippen LogP contribution in [-0.2, 0) is 0 Å². The number of rotatable bonds is 7. The van der Waals surface area contributed by atoms with Gasteiger partial charge >= 0.3 is 0 Å². The van der Waals surface area contributed by atoms with E-state index in [0.29, 0.717) is 28.2 Å². The van der Waals surface area contributed by atoms with E-state index in [1.807, 2.05) is 0 Å². The first-order chi connectivity index (χ1) is 10.1. The van der Waals surface area contributed by atoms with E-state index in [1.165, 1.54) is 0 Å². The minimum absolute atomic E-state index is 0.0844. The molecule has 0 aliphatic heterocycles. The van der Waals surface area contributed by atoms with Crippen molar-refractivity contribution in [1.82, 2.24) is 0 Å². The summed E-state index contributed by atoms with van der Waals surface area (Å²) in [7, 11) is -2.16. The van der Waals surface area contributed by atoms with Crippen LogP contribution in [0.5, 0.6) is 0 Å². The summed E-state index contributed by atoms with van der Waals surface area (Å²) in [5, 5.41) is 0.636. The molecule has 0 bridgehead atoms. The second-order valence-corrected chi connectivity index (χ2v) is 12.9. The average molecular weight is 327 g/mol. The standard InChI is InChI=1S/C19H32F2Si/c1-9-10-11-12-13-18(19(20)21)17(8)22(14(2)3,15(4)5)16(6)7/h14-16H,8-11H2,1-7H3. The Bertz CT molecular complexity index is 436. The molecule has 0 saturated heterocycles. The minimum atomic E-state index is -2.16. The van der Waals surface area contributed by atoms with Gasteiger partial charge in [-0.2, -0.15) is 8.78 Å². The van der Waals surface area contributed by atoms with Gasteiger partial charge in [-0.15, -0.1) is 0 Å². The third-order valence-electron chi connectivity index (χ3n) is 4.75. The smallest absolute Gasteiger partial charge is 0.172 e. The van der Waals surface area contributed by atoms with Gasteiger partial charge in [-0.05, 0) is 28.2 Å². The van der Waals surface area contributed by atoms with Crippen LogP contribution in [0.2, 0.25) is 16.6 Å². The Morgan fingerprint density at radius 2 is 1.45 bits per heavy atom. The molecular weight excluding hydrogens is 294 g/mol. The Balaban J connectivity index is 5.87. The predicted octanol–water partition coefficient (Wildman–Crippen LogP) is 7.10. The quantitative estimate of drug-likeness (QED) is 0.202. The second-order valence-electron chi connectivity index (χ2n) is 6.92. The highest BCUT2D eigenvalue weighted by molar-refractivity contribution is 6.90. The van der Waals surface area contributed by atoms with Crippen LogP contribution in [-0.4, -0.2) is 8.07 Å². The summed E-state index contributed by atoms with van der Waals surface area (Å²) in [5.74, 6) is 5.65. The fourth-order valence-corrected chi connectivity index (χ4v) is 10.6. The minimum Gasteiger partial charge on any atom is -0.172 e. The molecule has 0 aliphatic carbocycles. The first-order valence-electron chi connectivity index (χ1n) is 8.37. The summed E-state index contributed by atoms with van der Waals surface area (Å²) >= 11 is 0. The highest BCUT2D eigenvalue weighted by Crippen LogP contribution is 2.48. The van der Waals surface area contributed by atoms with Crippen LogP contribution < -0.4 is 0 Å². The first kappa shape index (κ1) is 21.1. The van der Waals surface area contributed by atoms with Gasteiger partial charge in [-0.25, -0.2) is 0 Å². The third kappa shape index (κ3) is 4.55. The van der Waals surface area contributed by atoms with E-state index in [0.717, 1.165) is 12.8 Å². The summed E-state index contributed by atoms with van der Waals surface area (Å²) in [6.45, 7) is 19.1. The molecule has 0 fully saturated rings. The summed E-state index contributed by atoms with van der Waals surface area (Å²) in [5.41, 5.74) is 0.976. The number of hydrogen-bond donors (Lipinski definition) is 0. The van der Waals surface area contributed by atoms with E-state index in [4.69, 9.17) is 0 Å². The van der Waals surface area contributed by atoms with Gasteiger partial charge in [0.15, 0.2) is 0 Å². The van der Waals surface area contributed by atoms with Gasteiger partial charge in [0, 0.05) is 6.42 Å². The van der Waals surface area contributed by atoms with Crippen molar-refractivity contribution in [2.24, 2.45) is 0 Å². The first-order valence-corrected chi connectivity index (χ1v) is 10.6. The molecule has 0 spiro atoms. The Morgan fingerprint density at radius 3 is 1.77 bits per heavy atom. The van der Waals surface area contributed by atoms with Crippen LogP contribution in [0.4, 0.5) is 8.78 Å². The lowest BCUT2D eigenvalue weighted by Gasteiger charge is -2.44. The van der Waals surface area contributed by atoms with Crippen LogP contribution in [0.1, 0.15) is 67.7 Å². The molecule has 0 N–H and O–H groups in total. The summed E-state index contributed by atoms with van der Waals surface area (Å²) < 4.78 is 27.0. The molecule has 0 heterocycles. The zero-order valence-corrected chi connectivity index (χ0v) is 16.3. The lowest BCUT2D eigenvalue weighted by molar-refractivity contribution is 0.417. The molecular formula is C19H32F2Si. The summed E-state index contributed by atoms with van der Waals surface area (Å²) in [4.78, 5) is 0. The van der Waals surface area contributed by atoms with E-state index in [-0.39, 0.29) is 5.57 Å². The van der Waals surface area contributed by atoms with Crippen molar-refractivity contribution < 1.29 is 8.78 Å². The highest BCUT2D eigenvalue weighted by atomic mass is 28.3. The largest absolute Gasteiger partial charge is 0.285 e. The van der Waals surface area contributed by atoms with Crippen molar-refractivity contribution >= 4 is 8.07 Å². The van der Waals surface area contributed by atoms with E-state index < -0.39 is 14.2 Å². The van der Waals surface area contributed by atoms with Crippen molar-refractivity contribution in [3.8, 4) is 11.8 Å². The maximum Gasteiger partial charge on any atom is 0.285 e. The fourth-order valence-electron chi connectivity index (χ4n) is 3.91. The van der Waals surface area contributed by atoms with Gasteiger partial charge in [0.2, 0.25) is 0 Å². The van der Waals surface area contributed by atoms with E-state index in [2.05, 4.69) is 66.9 Å². The van der Waals surface area contributed by atoms with Crippen LogP contribution in [0.25, 0.3) is 0 Å². The van der Waals surface area contributed by atoms with Gasteiger partial charge in [-0.1, -0.05) is 73.3 Å². The lowest BCUT2D eigenvalue weighted by Crippen LogP contribution is -2.47. The number of halogens is 2. The van der Waals surface area contributed by atoms with E-state index >= 15 is 0 Å². The maximum atomic E-state index is 13.5. The Hall–Kier alpha value is -0.883. The molecule has 0 aromatic carbocycles. The summed E-state index contributed by atoms with van der Waals surface area (Å²) in [6, 6.07) is 0. The van der Waals surface area contributed by atoms with Crippen molar-refractivity contribution in [3.05, 3.63) is 23.4 Å². The molecule has 0 rings (SSSR count). The summed E-state index contributed by atoms with van der Waals surface area (Å²) in [6.07, 6.45) is 0.963. The normalized spacial score (nSPS) is 11.6. The van der Waals surface area contributed by atoms with Crippen molar-refractivity contribution in [2.75, 3.05) is 0 Å². The van der Waals surface area contributed by atoms with Crippen molar-refractivity contribution in [3.63, 3.8) is 0 Å². The molecule has 0 atom stereocenters. The zero-order chi connectivity index (χ0) is 17.5. The topological polar surface area (TPSA) is 0 Å². The predicted molar refractivity (Wildman–Crippen MR) is 96.7 cm³/mol. The van der Waals surface area contributed by atoms with Crippen LogP contribution in [0.3, 0.4) is 0 Å². The molecule has 0 unspecified atom stereocenters. The van der Waals surface area contributed by atoms with Gasteiger partial charge in [0.05, 0.1) is 13.6 Å². The molecule has 0 radical (unpaired) electrons. The van der Waals surface area contributed by atoms with Crippen molar-refractivity contribution in [1.29, 1.82) is 0 Å². The number of hydrogen-bond acceptors (Lipinski definition) is 0. The fraction of sp³-hybridized carbons (Fsp3) is 0.684. The molecule has 126 valence electrons. The van der Waals surface area contributed by atoms with Crippen LogP contribution in [0.15, 0.2) is 23.4 Å². The van der Waals surface area contributed by atoms with Gasteiger partial charge < -0.3 is 0 Å². The van der Waals surface area contributed by atoms with Gasteiger partial charge in [-0.3, -0.25) is 0 Å². The SMILES string of the molecule is C=C(C(C#CCCCC)=C(F)F)[Si](C(C)C)(C(C)C)C(C)C. The third-order valence-corrected chi connectivity index (χ3v) is 11.8. The zero-order valence-electron chi connectivity index (χ0n) is 15.3. The number of unbranched alkanes of at least 4 members (excludes halogenated alkanes) is 2. The molecule has 3 heteroatoms. The lowest BCUT2D eigenvalue weighted by atomic mass is 10.2. The van der Waals surface area contributed by atoms with Gasteiger partial charge in [0.1, 0.15) is 0 Å².